The van der Waals surface area contributed by atoms with Crippen LogP contribution in [0.15, 0.2) is 47.4 Å². The number of hydrazine groups is 1. The average Bonchev–Trinajstić information content (AvgIpc) is 2.40. The predicted octanol–water partition coefficient (Wildman–Crippen LogP) is 2.83. The highest BCUT2D eigenvalue weighted by atomic mass is 32.2. The lowest BCUT2D eigenvalue weighted by Crippen LogP contribution is -2.08. The Labute approximate surface area is 105 Å². The first-order chi connectivity index (χ1) is 8.31. The summed E-state index contributed by atoms with van der Waals surface area (Å²) in [6, 6.07) is 13.8. The van der Waals surface area contributed by atoms with E-state index in [0.717, 1.165) is 11.5 Å². The van der Waals surface area contributed by atoms with Crippen LogP contribution in [0, 0.1) is 0 Å². The molecule has 0 fully saturated rings. The third kappa shape index (κ3) is 3.12. The van der Waals surface area contributed by atoms with E-state index in [4.69, 9.17) is 5.84 Å². The van der Waals surface area contributed by atoms with Crippen LogP contribution in [0.25, 0.3) is 0 Å². The first-order valence-corrected chi connectivity index (χ1v) is 6.39. The highest BCUT2D eigenvalue weighted by molar-refractivity contribution is 7.98. The zero-order valence-electron chi connectivity index (χ0n) is 9.47. The number of aromatic nitrogens is 1. The molecule has 0 unspecified atom stereocenters. The molecule has 0 aliphatic heterocycles. The smallest absolute Gasteiger partial charge is 0.142 e. The van der Waals surface area contributed by atoms with E-state index in [2.05, 4.69) is 34.1 Å². The van der Waals surface area contributed by atoms with Gasteiger partial charge in [-0.2, -0.15) is 0 Å². The molecule has 0 amide bonds. The maximum absolute atomic E-state index is 5.31. The maximum Gasteiger partial charge on any atom is 0.142 e. The molecule has 0 atom stereocenters. The molecule has 4 nitrogen and oxygen atoms in total. The Hall–Kier alpha value is -1.72. The summed E-state index contributed by atoms with van der Waals surface area (Å²) in [5, 5.41) is 3.21. The second kappa shape index (κ2) is 5.56. The number of hydrogen-bond acceptors (Lipinski definition) is 5. The van der Waals surface area contributed by atoms with Crippen LogP contribution in [0.1, 0.15) is 0 Å². The molecule has 1 heterocycles. The van der Waals surface area contributed by atoms with Gasteiger partial charge >= 0.3 is 0 Å². The first kappa shape index (κ1) is 11.8. The SMILES string of the molecule is CSc1ccc(Nc2cccc(NN)n2)cc1. The van der Waals surface area contributed by atoms with E-state index < -0.39 is 0 Å². The monoisotopic (exact) mass is 246 g/mol. The summed E-state index contributed by atoms with van der Waals surface area (Å²) in [5.74, 6) is 6.70. The summed E-state index contributed by atoms with van der Waals surface area (Å²) >= 11 is 1.72. The topological polar surface area (TPSA) is 63.0 Å². The van der Waals surface area contributed by atoms with Gasteiger partial charge < -0.3 is 10.7 Å². The lowest BCUT2D eigenvalue weighted by molar-refractivity contribution is 1.22. The van der Waals surface area contributed by atoms with Crippen molar-refractivity contribution < 1.29 is 0 Å². The van der Waals surface area contributed by atoms with Gasteiger partial charge in [-0.05, 0) is 42.7 Å². The van der Waals surface area contributed by atoms with Crippen molar-refractivity contribution in [1.29, 1.82) is 0 Å². The van der Waals surface area contributed by atoms with E-state index >= 15 is 0 Å². The van der Waals surface area contributed by atoms with Crippen LogP contribution in [-0.2, 0) is 0 Å². The molecule has 4 N–H and O–H groups in total. The first-order valence-electron chi connectivity index (χ1n) is 5.16. The molecule has 0 spiro atoms. The van der Waals surface area contributed by atoms with Gasteiger partial charge in [0.05, 0.1) is 0 Å². The molecule has 0 saturated carbocycles. The van der Waals surface area contributed by atoms with Crippen molar-refractivity contribution in [2.24, 2.45) is 5.84 Å². The Morgan fingerprint density at radius 2 is 1.76 bits per heavy atom. The van der Waals surface area contributed by atoms with Crippen molar-refractivity contribution in [3.05, 3.63) is 42.5 Å². The van der Waals surface area contributed by atoms with Crippen molar-refractivity contribution in [1.82, 2.24) is 4.98 Å². The van der Waals surface area contributed by atoms with Gasteiger partial charge in [-0.25, -0.2) is 10.8 Å². The second-order valence-corrected chi connectivity index (χ2v) is 4.29. The molecule has 2 aromatic rings. The molecule has 0 radical (unpaired) electrons. The fourth-order valence-electron chi connectivity index (χ4n) is 1.41. The van der Waals surface area contributed by atoms with Crippen LogP contribution in [0.2, 0.25) is 0 Å². The molecule has 1 aromatic heterocycles. The van der Waals surface area contributed by atoms with E-state index in [1.165, 1.54) is 4.90 Å². The van der Waals surface area contributed by atoms with Crippen molar-refractivity contribution in [3.63, 3.8) is 0 Å². The summed E-state index contributed by atoms with van der Waals surface area (Å²) in [5.41, 5.74) is 3.52. The second-order valence-electron chi connectivity index (χ2n) is 3.41. The third-order valence-electron chi connectivity index (χ3n) is 2.26. The molecule has 0 aliphatic rings. The highest BCUT2D eigenvalue weighted by Gasteiger charge is 1.97. The van der Waals surface area contributed by atoms with Gasteiger partial charge in [-0.1, -0.05) is 6.07 Å². The molecule has 0 saturated heterocycles. The Balaban J connectivity index is 2.13. The standard InChI is InChI=1S/C12H14N4S/c1-17-10-7-5-9(6-8-10)14-11-3-2-4-12(15-11)16-13/h2-8H,13H2,1H3,(H2,14,15,16). The van der Waals surface area contributed by atoms with Crippen molar-refractivity contribution >= 4 is 29.1 Å². The van der Waals surface area contributed by atoms with Gasteiger partial charge in [0.25, 0.3) is 0 Å². The number of nitrogens with two attached hydrogens (primary N) is 1. The number of pyridine rings is 1. The van der Waals surface area contributed by atoms with Crippen LogP contribution in [0.5, 0.6) is 0 Å². The number of hydrogen-bond donors (Lipinski definition) is 3. The normalized spacial score (nSPS) is 10.0. The number of rotatable bonds is 4. The molecule has 0 bridgehead atoms. The van der Waals surface area contributed by atoms with Gasteiger partial charge in [0.2, 0.25) is 0 Å². The summed E-state index contributed by atoms with van der Waals surface area (Å²) in [6.45, 7) is 0. The Kier molecular flexibility index (Phi) is 3.85. The van der Waals surface area contributed by atoms with Crippen LogP contribution in [-0.4, -0.2) is 11.2 Å². The van der Waals surface area contributed by atoms with Gasteiger partial charge in [0, 0.05) is 10.6 Å². The predicted molar refractivity (Wildman–Crippen MR) is 73.6 cm³/mol. The molecular weight excluding hydrogens is 232 g/mol. The largest absolute Gasteiger partial charge is 0.340 e. The quantitative estimate of drug-likeness (QED) is 0.440. The molecular formula is C12H14N4S. The van der Waals surface area contributed by atoms with E-state index in [1.807, 2.05) is 30.3 Å². The van der Waals surface area contributed by atoms with E-state index in [0.29, 0.717) is 5.82 Å². The van der Waals surface area contributed by atoms with Crippen molar-refractivity contribution in [2.45, 2.75) is 4.90 Å². The molecule has 2 rings (SSSR count). The minimum atomic E-state index is 0.635. The summed E-state index contributed by atoms with van der Waals surface area (Å²) in [4.78, 5) is 5.51. The van der Waals surface area contributed by atoms with Crippen LogP contribution in [0.3, 0.4) is 0 Å². The Bertz CT molecular complexity index is 484. The fraction of sp³-hybridized carbons (Fsp3) is 0.0833. The Morgan fingerprint density at radius 3 is 2.41 bits per heavy atom. The van der Waals surface area contributed by atoms with Crippen molar-refractivity contribution in [3.8, 4) is 0 Å². The van der Waals surface area contributed by atoms with Crippen LogP contribution < -0.4 is 16.6 Å². The number of nitrogens with one attached hydrogen (secondary N) is 2. The number of nitrogen functional groups attached to an aromatic ring is 1. The third-order valence-corrected chi connectivity index (χ3v) is 3.00. The molecule has 17 heavy (non-hydrogen) atoms. The zero-order valence-corrected chi connectivity index (χ0v) is 10.3. The lowest BCUT2D eigenvalue weighted by Gasteiger charge is -2.07. The minimum absolute atomic E-state index is 0.635. The lowest BCUT2D eigenvalue weighted by atomic mass is 10.3. The van der Waals surface area contributed by atoms with E-state index in [1.54, 1.807) is 11.8 Å². The molecule has 1 aromatic carbocycles. The number of benzene rings is 1. The highest BCUT2D eigenvalue weighted by Crippen LogP contribution is 2.20. The maximum atomic E-state index is 5.31. The molecule has 5 heteroatoms. The summed E-state index contributed by atoms with van der Waals surface area (Å²) in [6.07, 6.45) is 2.06. The van der Waals surface area contributed by atoms with E-state index in [-0.39, 0.29) is 0 Å². The van der Waals surface area contributed by atoms with Gasteiger partial charge in [0.1, 0.15) is 11.6 Å². The van der Waals surface area contributed by atoms with Crippen LogP contribution in [0.4, 0.5) is 17.3 Å². The van der Waals surface area contributed by atoms with Gasteiger partial charge in [0.15, 0.2) is 0 Å². The van der Waals surface area contributed by atoms with Gasteiger partial charge in [-0.15, -0.1) is 11.8 Å². The molecule has 88 valence electrons. The summed E-state index contributed by atoms with van der Waals surface area (Å²) < 4.78 is 0. The van der Waals surface area contributed by atoms with Crippen molar-refractivity contribution in [2.75, 3.05) is 17.0 Å². The van der Waals surface area contributed by atoms with E-state index in [9.17, 15) is 0 Å². The number of anilines is 3. The number of nitrogens with zero attached hydrogens (tertiary/aromatic N) is 1. The van der Waals surface area contributed by atoms with Gasteiger partial charge in [-0.3, -0.25) is 0 Å². The Morgan fingerprint density at radius 1 is 1.06 bits per heavy atom. The number of thioether (sulfide) groups is 1. The summed E-state index contributed by atoms with van der Waals surface area (Å²) in [7, 11) is 0. The zero-order chi connectivity index (χ0) is 12.1. The van der Waals surface area contributed by atoms with Crippen LogP contribution >= 0.6 is 11.8 Å². The molecule has 0 aliphatic carbocycles. The minimum Gasteiger partial charge on any atom is -0.340 e. The fourth-order valence-corrected chi connectivity index (χ4v) is 1.82. The average molecular weight is 246 g/mol.